The lowest BCUT2D eigenvalue weighted by Gasteiger charge is -2.00. The highest BCUT2D eigenvalue weighted by molar-refractivity contribution is 5.46. The van der Waals surface area contributed by atoms with Crippen LogP contribution in [0, 0.1) is 7.05 Å². The minimum Gasteiger partial charge on any atom is -0.475 e. The van der Waals surface area contributed by atoms with Crippen molar-refractivity contribution in [3.8, 4) is 0 Å². The predicted molar refractivity (Wildman–Crippen MR) is 47.5 cm³/mol. The van der Waals surface area contributed by atoms with E-state index in [1.54, 1.807) is 0 Å². The molecule has 0 radical (unpaired) electrons. The molecule has 0 saturated heterocycles. The molecule has 1 heteroatoms. The summed E-state index contributed by atoms with van der Waals surface area (Å²) in [5.74, 6) is 0. The zero-order valence-corrected chi connectivity index (χ0v) is 6.59. The van der Waals surface area contributed by atoms with Crippen molar-refractivity contribution in [2.75, 3.05) is 0 Å². The lowest BCUT2D eigenvalue weighted by atomic mass is 10.1. The summed E-state index contributed by atoms with van der Waals surface area (Å²) in [5, 5.41) is 1.91. The molecule has 1 aromatic carbocycles. The highest BCUT2D eigenvalue weighted by Crippen LogP contribution is 2.03. The minimum atomic E-state index is 0.942. The summed E-state index contributed by atoms with van der Waals surface area (Å²) in [5.41, 5.74) is 2.46. The Balaban J connectivity index is 2.74. The Morgan fingerprint density at radius 1 is 1.36 bits per heavy atom. The van der Waals surface area contributed by atoms with Gasteiger partial charge in [0.05, 0.1) is 6.54 Å². The summed E-state index contributed by atoms with van der Waals surface area (Å²) >= 11 is 0. The second-order valence-electron chi connectivity index (χ2n) is 2.44. The molecule has 1 nitrogen and oxygen atoms in total. The third kappa shape index (κ3) is 2.20. The summed E-state index contributed by atoms with van der Waals surface area (Å²) in [6, 6.07) is 8.31. The lowest BCUT2D eigenvalue weighted by Crippen LogP contribution is -2.74. The van der Waals surface area contributed by atoms with Crippen LogP contribution in [0.25, 0.3) is 6.08 Å². The highest BCUT2D eigenvalue weighted by atomic mass is 14.8. The molecule has 1 rings (SSSR count). The number of hydrogen-bond donors (Lipinski definition) is 1. The zero-order chi connectivity index (χ0) is 8.10. The van der Waals surface area contributed by atoms with E-state index in [1.807, 2.05) is 11.4 Å². The summed E-state index contributed by atoms with van der Waals surface area (Å²) in [6.07, 6.45) is 1.84. The molecule has 0 bridgehead atoms. The van der Waals surface area contributed by atoms with Gasteiger partial charge in [0.2, 0.25) is 0 Å². The minimum absolute atomic E-state index is 0.942. The molecule has 0 aromatic heterocycles. The van der Waals surface area contributed by atoms with Gasteiger partial charge in [-0.05, 0) is 5.56 Å². The second-order valence-corrected chi connectivity index (χ2v) is 2.44. The van der Waals surface area contributed by atoms with Crippen molar-refractivity contribution in [1.82, 2.24) is 0 Å². The van der Waals surface area contributed by atoms with E-state index in [2.05, 4.69) is 37.9 Å². The van der Waals surface area contributed by atoms with Crippen LogP contribution in [0.15, 0.2) is 30.8 Å². The van der Waals surface area contributed by atoms with Gasteiger partial charge in [-0.25, -0.2) is 0 Å². The van der Waals surface area contributed by atoms with Gasteiger partial charge in [-0.3, -0.25) is 0 Å². The molecule has 0 heterocycles. The largest absolute Gasteiger partial charge is 0.475 e. The fraction of sp³-hybridized carbons (Fsp3) is 0.100. The summed E-state index contributed by atoms with van der Waals surface area (Å²) in [7, 11) is 3.68. The predicted octanol–water partition coefficient (Wildman–Crippen LogP) is 1.18. The third-order valence-electron chi connectivity index (χ3n) is 1.60. The number of hydrogen-bond acceptors (Lipinski definition) is 0. The smallest absolute Gasteiger partial charge is 0.0773 e. The lowest BCUT2D eigenvalue weighted by molar-refractivity contribution is -0.612. The van der Waals surface area contributed by atoms with Gasteiger partial charge >= 0.3 is 0 Å². The molecule has 11 heavy (non-hydrogen) atoms. The number of benzene rings is 1. The summed E-state index contributed by atoms with van der Waals surface area (Å²) < 4.78 is 0. The molecule has 0 aliphatic rings. The third-order valence-corrected chi connectivity index (χ3v) is 1.60. The standard InChI is InChI=1S/C10H13N/c1-3-9-4-6-10(7-5-9)8-11-2/h3-7H,1-2,8,11H2. The first-order valence-corrected chi connectivity index (χ1v) is 3.69. The van der Waals surface area contributed by atoms with Gasteiger partial charge in [0, 0.05) is 5.56 Å². The Kier molecular flexibility index (Phi) is 2.87. The molecule has 0 atom stereocenters. The van der Waals surface area contributed by atoms with Gasteiger partial charge in [-0.1, -0.05) is 36.9 Å². The number of quaternary nitrogens is 1. The molecule has 0 saturated carbocycles. The van der Waals surface area contributed by atoms with Crippen molar-refractivity contribution in [3.63, 3.8) is 0 Å². The Hall–Kier alpha value is -1.08. The molecular weight excluding hydrogens is 134 g/mol. The Bertz CT molecular complexity index is 223. The fourth-order valence-electron chi connectivity index (χ4n) is 0.956. The van der Waals surface area contributed by atoms with Crippen molar-refractivity contribution in [1.29, 1.82) is 0 Å². The second kappa shape index (κ2) is 3.94. The van der Waals surface area contributed by atoms with E-state index in [0.29, 0.717) is 0 Å². The Morgan fingerprint density at radius 2 is 2.00 bits per heavy atom. The van der Waals surface area contributed by atoms with E-state index in [-0.39, 0.29) is 0 Å². The monoisotopic (exact) mass is 147 g/mol. The van der Waals surface area contributed by atoms with Crippen molar-refractivity contribution >= 4 is 6.08 Å². The molecule has 1 aromatic rings. The van der Waals surface area contributed by atoms with Crippen LogP contribution >= 0.6 is 0 Å². The maximum absolute atomic E-state index is 3.69. The van der Waals surface area contributed by atoms with Gasteiger partial charge < -0.3 is 5.32 Å². The molecule has 2 N–H and O–H groups in total. The van der Waals surface area contributed by atoms with Gasteiger partial charge in [0.15, 0.2) is 0 Å². The molecule has 58 valence electrons. The van der Waals surface area contributed by atoms with E-state index in [0.717, 1.165) is 12.1 Å². The van der Waals surface area contributed by atoms with Crippen LogP contribution in [0.1, 0.15) is 11.1 Å². The van der Waals surface area contributed by atoms with E-state index < -0.39 is 0 Å². The van der Waals surface area contributed by atoms with Crippen LogP contribution in [-0.2, 0) is 6.54 Å². The van der Waals surface area contributed by atoms with Crippen LogP contribution < -0.4 is 5.32 Å². The molecular formula is C10H13N. The van der Waals surface area contributed by atoms with E-state index >= 15 is 0 Å². The van der Waals surface area contributed by atoms with Crippen molar-refractivity contribution in [2.24, 2.45) is 0 Å². The maximum Gasteiger partial charge on any atom is 0.0773 e. The van der Waals surface area contributed by atoms with Gasteiger partial charge in [-0.15, -0.1) is 0 Å². The molecule has 0 fully saturated rings. The molecule has 0 unspecified atom stereocenters. The van der Waals surface area contributed by atoms with Crippen LogP contribution in [0.4, 0.5) is 0 Å². The molecule has 0 spiro atoms. The van der Waals surface area contributed by atoms with E-state index in [4.69, 9.17) is 0 Å². The van der Waals surface area contributed by atoms with Gasteiger partial charge in [0.25, 0.3) is 0 Å². The fourth-order valence-corrected chi connectivity index (χ4v) is 0.956. The highest BCUT2D eigenvalue weighted by Gasteiger charge is 1.89. The van der Waals surface area contributed by atoms with E-state index in [1.165, 1.54) is 5.56 Å². The average Bonchev–Trinajstić information content (AvgIpc) is 2.07. The first-order valence-electron chi connectivity index (χ1n) is 3.69. The SMILES string of the molecule is C=Cc1ccc(C[NH2+][CH2-])cc1. The normalized spacial score (nSPS) is 9.55. The van der Waals surface area contributed by atoms with Crippen LogP contribution in [0.3, 0.4) is 0 Å². The Morgan fingerprint density at radius 3 is 2.45 bits per heavy atom. The van der Waals surface area contributed by atoms with Crippen molar-refractivity contribution in [3.05, 3.63) is 49.0 Å². The quantitative estimate of drug-likeness (QED) is 0.618. The van der Waals surface area contributed by atoms with Gasteiger partial charge in [-0.2, -0.15) is 7.05 Å². The molecule has 0 amide bonds. The van der Waals surface area contributed by atoms with Crippen LogP contribution in [-0.4, -0.2) is 0 Å². The summed E-state index contributed by atoms with van der Waals surface area (Å²) in [6.45, 7) is 4.63. The van der Waals surface area contributed by atoms with E-state index in [9.17, 15) is 0 Å². The topological polar surface area (TPSA) is 16.6 Å². The Labute approximate surface area is 67.8 Å². The number of nitrogens with two attached hydrogens (primary N) is 1. The van der Waals surface area contributed by atoms with Gasteiger partial charge in [0.1, 0.15) is 0 Å². The first kappa shape index (κ1) is 8.02. The zero-order valence-electron chi connectivity index (χ0n) is 6.59. The number of rotatable bonds is 3. The summed E-state index contributed by atoms with van der Waals surface area (Å²) in [4.78, 5) is 0. The average molecular weight is 147 g/mol. The van der Waals surface area contributed by atoms with Crippen molar-refractivity contribution < 1.29 is 5.32 Å². The van der Waals surface area contributed by atoms with Crippen LogP contribution in [0.2, 0.25) is 0 Å². The van der Waals surface area contributed by atoms with Crippen LogP contribution in [0.5, 0.6) is 0 Å². The molecule has 0 aliphatic heterocycles. The first-order chi connectivity index (χ1) is 5.36. The molecule has 0 aliphatic carbocycles. The van der Waals surface area contributed by atoms with Crippen molar-refractivity contribution in [2.45, 2.75) is 6.54 Å². The maximum atomic E-state index is 3.69.